The lowest BCUT2D eigenvalue weighted by molar-refractivity contribution is -0.384. The van der Waals surface area contributed by atoms with E-state index in [-0.39, 0.29) is 11.4 Å². The smallest absolute Gasteiger partial charge is 0.269 e. The Bertz CT molecular complexity index is 694. The number of non-ortho nitro benzene ring substituents is 1. The van der Waals surface area contributed by atoms with Crippen LogP contribution < -0.4 is 5.43 Å². The molecule has 0 aliphatic rings. The van der Waals surface area contributed by atoms with Gasteiger partial charge in [0.05, 0.1) is 16.3 Å². The average Bonchev–Trinajstić information content (AvgIpc) is 2.47. The van der Waals surface area contributed by atoms with Crippen LogP contribution in [0.15, 0.2) is 47.6 Å². The summed E-state index contributed by atoms with van der Waals surface area (Å²) in [5.41, 5.74) is 5.75. The van der Waals surface area contributed by atoms with E-state index in [1.807, 2.05) is 19.1 Å². The standard InChI is InChI=1S/C15H15N3O3/c1-10-3-8-15(19)14(9-10)11(2)16-17-12-4-6-13(7-5-12)18(20)21/h3-9,17,19H,1-2H3/b16-11+. The minimum Gasteiger partial charge on any atom is -0.507 e. The molecule has 0 aromatic heterocycles. The Morgan fingerprint density at radius 2 is 1.90 bits per heavy atom. The zero-order chi connectivity index (χ0) is 15.4. The van der Waals surface area contributed by atoms with Crippen LogP contribution in [0.1, 0.15) is 18.1 Å². The molecule has 0 bridgehead atoms. The van der Waals surface area contributed by atoms with Crippen LogP contribution in [0.25, 0.3) is 0 Å². The van der Waals surface area contributed by atoms with Crippen molar-refractivity contribution >= 4 is 17.1 Å². The van der Waals surface area contributed by atoms with Gasteiger partial charge in [-0.05, 0) is 38.1 Å². The monoisotopic (exact) mass is 285 g/mol. The number of hydrazone groups is 1. The highest BCUT2D eigenvalue weighted by molar-refractivity contribution is 6.01. The fourth-order valence-electron chi connectivity index (χ4n) is 1.81. The van der Waals surface area contributed by atoms with Gasteiger partial charge in [0, 0.05) is 17.7 Å². The molecule has 2 aromatic rings. The largest absolute Gasteiger partial charge is 0.507 e. The molecule has 0 aliphatic carbocycles. The van der Waals surface area contributed by atoms with Gasteiger partial charge in [-0.3, -0.25) is 15.5 Å². The number of nitrogens with one attached hydrogen (secondary N) is 1. The SMILES string of the molecule is C/C(=N\Nc1ccc([N+](=O)[O-])cc1)c1cc(C)ccc1O. The van der Waals surface area contributed by atoms with Crippen molar-refractivity contribution in [3.63, 3.8) is 0 Å². The van der Waals surface area contributed by atoms with Gasteiger partial charge < -0.3 is 5.11 Å². The number of hydrogen-bond acceptors (Lipinski definition) is 5. The average molecular weight is 285 g/mol. The van der Waals surface area contributed by atoms with Crippen LogP contribution in [-0.2, 0) is 0 Å². The van der Waals surface area contributed by atoms with E-state index in [0.29, 0.717) is 17.0 Å². The number of phenolic OH excluding ortho intramolecular Hbond substituents is 1. The summed E-state index contributed by atoms with van der Waals surface area (Å²) in [5, 5.41) is 24.6. The molecule has 108 valence electrons. The topological polar surface area (TPSA) is 87.8 Å². The summed E-state index contributed by atoms with van der Waals surface area (Å²) in [4.78, 5) is 10.1. The summed E-state index contributed by atoms with van der Waals surface area (Å²) in [7, 11) is 0. The third kappa shape index (κ3) is 3.56. The van der Waals surface area contributed by atoms with Gasteiger partial charge in [-0.15, -0.1) is 0 Å². The lowest BCUT2D eigenvalue weighted by Gasteiger charge is -2.06. The van der Waals surface area contributed by atoms with Gasteiger partial charge in [0.25, 0.3) is 5.69 Å². The van der Waals surface area contributed by atoms with Crippen LogP contribution in [0.4, 0.5) is 11.4 Å². The molecule has 0 unspecified atom stereocenters. The molecule has 0 fully saturated rings. The maximum atomic E-state index is 10.6. The Balaban J connectivity index is 2.16. The van der Waals surface area contributed by atoms with Gasteiger partial charge in [-0.1, -0.05) is 11.6 Å². The van der Waals surface area contributed by atoms with Crippen LogP contribution >= 0.6 is 0 Å². The number of phenols is 1. The van der Waals surface area contributed by atoms with Crippen molar-refractivity contribution in [1.29, 1.82) is 0 Å². The van der Waals surface area contributed by atoms with E-state index in [2.05, 4.69) is 10.5 Å². The second-order valence-electron chi connectivity index (χ2n) is 4.63. The minimum atomic E-state index is -0.455. The van der Waals surface area contributed by atoms with Crippen LogP contribution in [0.5, 0.6) is 5.75 Å². The summed E-state index contributed by atoms with van der Waals surface area (Å²) >= 11 is 0. The van der Waals surface area contributed by atoms with Crippen LogP contribution in [0.2, 0.25) is 0 Å². The van der Waals surface area contributed by atoms with E-state index < -0.39 is 4.92 Å². The van der Waals surface area contributed by atoms with Gasteiger partial charge in [-0.25, -0.2) is 0 Å². The molecule has 2 N–H and O–H groups in total. The number of nitro benzene ring substituents is 1. The predicted molar refractivity (Wildman–Crippen MR) is 81.8 cm³/mol. The molecule has 0 saturated carbocycles. The third-order valence-corrected chi connectivity index (χ3v) is 2.97. The normalized spacial score (nSPS) is 11.2. The summed E-state index contributed by atoms with van der Waals surface area (Å²) in [6.45, 7) is 3.70. The first-order valence-electron chi connectivity index (χ1n) is 6.32. The van der Waals surface area contributed by atoms with Crippen molar-refractivity contribution < 1.29 is 10.0 Å². The summed E-state index contributed by atoms with van der Waals surface area (Å²) in [6.07, 6.45) is 0. The van der Waals surface area contributed by atoms with Crippen molar-refractivity contribution in [1.82, 2.24) is 0 Å². The lowest BCUT2D eigenvalue weighted by atomic mass is 10.1. The molecular weight excluding hydrogens is 270 g/mol. The summed E-state index contributed by atoms with van der Waals surface area (Å²) in [5.74, 6) is 0.160. The van der Waals surface area contributed by atoms with Crippen molar-refractivity contribution in [2.24, 2.45) is 5.10 Å². The Kier molecular flexibility index (Phi) is 4.18. The number of rotatable bonds is 4. The third-order valence-electron chi connectivity index (χ3n) is 2.97. The molecule has 6 nitrogen and oxygen atoms in total. The van der Waals surface area contributed by atoms with E-state index in [9.17, 15) is 15.2 Å². The first kappa shape index (κ1) is 14.5. The maximum absolute atomic E-state index is 10.6. The number of benzene rings is 2. The number of aryl methyl sites for hydroxylation is 1. The molecule has 0 radical (unpaired) electrons. The molecule has 0 saturated heterocycles. The van der Waals surface area contributed by atoms with E-state index >= 15 is 0 Å². The number of aromatic hydroxyl groups is 1. The highest BCUT2D eigenvalue weighted by atomic mass is 16.6. The zero-order valence-electron chi connectivity index (χ0n) is 11.7. The fourth-order valence-corrected chi connectivity index (χ4v) is 1.81. The second kappa shape index (κ2) is 6.04. The van der Waals surface area contributed by atoms with Gasteiger partial charge in [0.1, 0.15) is 5.75 Å². The van der Waals surface area contributed by atoms with Crippen LogP contribution in [0, 0.1) is 17.0 Å². The Morgan fingerprint density at radius 3 is 2.52 bits per heavy atom. The van der Waals surface area contributed by atoms with Crippen molar-refractivity contribution in [2.75, 3.05) is 5.43 Å². The number of anilines is 1. The fraction of sp³-hybridized carbons (Fsp3) is 0.133. The molecule has 2 rings (SSSR count). The zero-order valence-corrected chi connectivity index (χ0v) is 11.7. The lowest BCUT2D eigenvalue weighted by Crippen LogP contribution is -2.00. The minimum absolute atomic E-state index is 0.0255. The molecule has 0 aliphatic heterocycles. The molecule has 0 atom stereocenters. The van der Waals surface area contributed by atoms with Crippen molar-refractivity contribution in [2.45, 2.75) is 13.8 Å². The van der Waals surface area contributed by atoms with Gasteiger partial charge >= 0.3 is 0 Å². The van der Waals surface area contributed by atoms with E-state index in [0.717, 1.165) is 5.56 Å². The van der Waals surface area contributed by atoms with Crippen molar-refractivity contribution in [3.8, 4) is 5.75 Å². The molecular formula is C15H15N3O3. The van der Waals surface area contributed by atoms with Crippen molar-refractivity contribution in [3.05, 3.63) is 63.7 Å². The van der Waals surface area contributed by atoms with E-state index in [4.69, 9.17) is 0 Å². The van der Waals surface area contributed by atoms with E-state index in [1.54, 1.807) is 25.1 Å². The molecule has 0 amide bonds. The Hall–Kier alpha value is -2.89. The number of nitro groups is 1. The van der Waals surface area contributed by atoms with Crippen LogP contribution in [-0.4, -0.2) is 15.7 Å². The maximum Gasteiger partial charge on any atom is 0.269 e. The van der Waals surface area contributed by atoms with E-state index in [1.165, 1.54) is 12.1 Å². The Morgan fingerprint density at radius 1 is 1.24 bits per heavy atom. The highest BCUT2D eigenvalue weighted by Gasteiger charge is 2.06. The summed E-state index contributed by atoms with van der Waals surface area (Å²) < 4.78 is 0. The van der Waals surface area contributed by atoms with Crippen LogP contribution in [0.3, 0.4) is 0 Å². The molecule has 2 aromatic carbocycles. The second-order valence-corrected chi connectivity index (χ2v) is 4.63. The highest BCUT2D eigenvalue weighted by Crippen LogP contribution is 2.20. The molecule has 21 heavy (non-hydrogen) atoms. The molecule has 0 heterocycles. The molecule has 0 spiro atoms. The van der Waals surface area contributed by atoms with Gasteiger partial charge in [0.15, 0.2) is 0 Å². The summed E-state index contributed by atoms with van der Waals surface area (Å²) in [6, 6.07) is 11.2. The Labute approximate surface area is 121 Å². The quantitative estimate of drug-likeness (QED) is 0.511. The molecule has 6 heteroatoms. The number of hydrogen-bond donors (Lipinski definition) is 2. The number of nitrogens with zero attached hydrogens (tertiary/aromatic N) is 2. The predicted octanol–water partition coefficient (Wildman–Crippen LogP) is 3.44. The first-order chi connectivity index (χ1) is 9.97. The van der Waals surface area contributed by atoms with Gasteiger partial charge in [0.2, 0.25) is 0 Å². The van der Waals surface area contributed by atoms with Gasteiger partial charge in [-0.2, -0.15) is 5.10 Å². The first-order valence-corrected chi connectivity index (χ1v) is 6.32.